The third kappa shape index (κ3) is 3.57. The lowest BCUT2D eigenvalue weighted by molar-refractivity contribution is 0.0697. The van der Waals surface area contributed by atoms with Gasteiger partial charge in [0.05, 0.1) is 0 Å². The van der Waals surface area contributed by atoms with Crippen molar-refractivity contribution in [2.75, 3.05) is 26.2 Å². The van der Waals surface area contributed by atoms with Crippen molar-refractivity contribution in [3.63, 3.8) is 0 Å². The van der Waals surface area contributed by atoms with E-state index in [2.05, 4.69) is 0 Å². The molecule has 2 aromatic rings. The molecule has 1 amide bonds. The fourth-order valence-electron chi connectivity index (χ4n) is 2.80. The van der Waals surface area contributed by atoms with E-state index in [1.807, 2.05) is 19.1 Å². The maximum atomic E-state index is 13.8. The van der Waals surface area contributed by atoms with E-state index in [4.69, 9.17) is 0 Å². The Morgan fingerprint density at radius 1 is 0.960 bits per heavy atom. The predicted molar refractivity (Wildman–Crippen MR) is 92.2 cm³/mol. The topological polar surface area (TPSA) is 57.7 Å². The molecule has 0 unspecified atom stereocenters. The first kappa shape index (κ1) is 17.6. The van der Waals surface area contributed by atoms with Crippen LogP contribution in [-0.4, -0.2) is 49.7 Å². The summed E-state index contributed by atoms with van der Waals surface area (Å²) in [7, 11) is -3.89. The molecule has 1 fully saturated rings. The quantitative estimate of drug-likeness (QED) is 0.842. The molecule has 2 aromatic carbocycles. The minimum absolute atomic E-state index is 0.122. The molecule has 1 aliphatic heterocycles. The highest BCUT2D eigenvalue weighted by atomic mass is 32.2. The minimum atomic E-state index is -3.89. The Balaban J connectivity index is 1.70. The number of carbonyl (C=O) groups is 1. The summed E-state index contributed by atoms with van der Waals surface area (Å²) in [6.07, 6.45) is 0. The summed E-state index contributed by atoms with van der Waals surface area (Å²) < 4.78 is 40.2. The molecule has 0 aromatic heterocycles. The van der Waals surface area contributed by atoms with Gasteiger partial charge in [-0.2, -0.15) is 4.31 Å². The zero-order valence-corrected chi connectivity index (χ0v) is 14.7. The third-order valence-corrected chi connectivity index (χ3v) is 6.21. The van der Waals surface area contributed by atoms with E-state index < -0.39 is 15.8 Å². The van der Waals surface area contributed by atoms with Gasteiger partial charge in [-0.3, -0.25) is 4.79 Å². The minimum Gasteiger partial charge on any atom is -0.336 e. The predicted octanol–water partition coefficient (Wildman–Crippen LogP) is 2.28. The van der Waals surface area contributed by atoms with Crippen LogP contribution in [0.2, 0.25) is 0 Å². The van der Waals surface area contributed by atoms with Crippen LogP contribution in [0.4, 0.5) is 4.39 Å². The maximum Gasteiger partial charge on any atom is 0.253 e. The molecule has 25 heavy (non-hydrogen) atoms. The summed E-state index contributed by atoms with van der Waals surface area (Å²) >= 11 is 0. The van der Waals surface area contributed by atoms with Crippen molar-refractivity contribution >= 4 is 15.9 Å². The van der Waals surface area contributed by atoms with Crippen molar-refractivity contribution in [1.82, 2.24) is 9.21 Å². The maximum absolute atomic E-state index is 13.8. The number of benzene rings is 2. The Kier molecular flexibility index (Phi) is 4.87. The summed E-state index contributed by atoms with van der Waals surface area (Å²) in [5.74, 6) is -0.886. The van der Waals surface area contributed by atoms with E-state index >= 15 is 0 Å². The molecular formula is C18H19FN2O3S. The lowest BCUT2D eigenvalue weighted by Crippen LogP contribution is -2.50. The molecule has 0 aliphatic carbocycles. The summed E-state index contributed by atoms with van der Waals surface area (Å²) in [6, 6.07) is 12.6. The fourth-order valence-corrected chi connectivity index (χ4v) is 4.29. The van der Waals surface area contributed by atoms with Gasteiger partial charge in [-0.15, -0.1) is 0 Å². The van der Waals surface area contributed by atoms with Crippen molar-refractivity contribution in [2.24, 2.45) is 0 Å². The average Bonchev–Trinajstić information content (AvgIpc) is 2.62. The number of aryl methyl sites for hydroxylation is 1. The molecule has 132 valence electrons. The first-order chi connectivity index (χ1) is 11.9. The lowest BCUT2D eigenvalue weighted by Gasteiger charge is -2.34. The molecule has 0 bridgehead atoms. The second kappa shape index (κ2) is 6.93. The first-order valence-corrected chi connectivity index (χ1v) is 9.44. The molecule has 0 spiro atoms. The number of rotatable bonds is 3. The first-order valence-electron chi connectivity index (χ1n) is 8.00. The van der Waals surface area contributed by atoms with Crippen molar-refractivity contribution < 1.29 is 17.6 Å². The molecule has 5 nitrogen and oxygen atoms in total. The van der Waals surface area contributed by atoms with Crippen molar-refractivity contribution in [1.29, 1.82) is 0 Å². The molecular weight excluding hydrogens is 343 g/mol. The van der Waals surface area contributed by atoms with Crippen molar-refractivity contribution in [3.05, 3.63) is 65.5 Å². The number of sulfonamides is 1. The zero-order valence-electron chi connectivity index (χ0n) is 13.9. The van der Waals surface area contributed by atoms with Crippen LogP contribution in [0, 0.1) is 12.7 Å². The fraction of sp³-hybridized carbons (Fsp3) is 0.278. The van der Waals surface area contributed by atoms with Gasteiger partial charge in [-0.05, 0) is 31.2 Å². The van der Waals surface area contributed by atoms with Gasteiger partial charge >= 0.3 is 0 Å². The van der Waals surface area contributed by atoms with Gasteiger partial charge in [0.1, 0.15) is 10.7 Å². The normalized spacial score (nSPS) is 16.0. The van der Waals surface area contributed by atoms with Crippen LogP contribution < -0.4 is 0 Å². The monoisotopic (exact) mass is 362 g/mol. The van der Waals surface area contributed by atoms with E-state index in [0.717, 1.165) is 11.6 Å². The molecule has 3 rings (SSSR count). The van der Waals surface area contributed by atoms with Gasteiger partial charge in [-0.25, -0.2) is 12.8 Å². The van der Waals surface area contributed by atoms with Crippen LogP contribution in [0.3, 0.4) is 0 Å². The number of halogens is 1. The van der Waals surface area contributed by atoms with E-state index in [9.17, 15) is 17.6 Å². The van der Waals surface area contributed by atoms with Crippen molar-refractivity contribution in [2.45, 2.75) is 11.8 Å². The third-order valence-electron chi connectivity index (χ3n) is 4.28. The van der Waals surface area contributed by atoms with Crippen LogP contribution in [-0.2, 0) is 10.0 Å². The zero-order chi connectivity index (χ0) is 18.0. The second-order valence-corrected chi connectivity index (χ2v) is 7.90. The molecule has 0 saturated carbocycles. The van der Waals surface area contributed by atoms with Crippen LogP contribution in [0.25, 0.3) is 0 Å². The Morgan fingerprint density at radius 2 is 1.56 bits per heavy atom. The standard InChI is InChI=1S/C18H19FN2O3S/c1-14-6-8-15(9-7-14)18(22)20-10-12-21(13-11-20)25(23,24)17-5-3-2-4-16(17)19/h2-9H,10-13H2,1H3. The van der Waals surface area contributed by atoms with Gasteiger partial charge in [0.15, 0.2) is 0 Å². The van der Waals surface area contributed by atoms with E-state index in [-0.39, 0.29) is 37.0 Å². The second-order valence-electron chi connectivity index (χ2n) is 5.99. The highest BCUT2D eigenvalue weighted by molar-refractivity contribution is 7.89. The largest absolute Gasteiger partial charge is 0.336 e. The number of hydrogen-bond acceptors (Lipinski definition) is 3. The Labute approximate surface area is 146 Å². The van der Waals surface area contributed by atoms with Gasteiger partial charge in [0.25, 0.3) is 5.91 Å². The molecule has 1 heterocycles. The summed E-state index contributed by atoms with van der Waals surface area (Å²) in [6.45, 7) is 2.80. The molecule has 7 heteroatoms. The number of nitrogens with zero attached hydrogens (tertiary/aromatic N) is 2. The molecule has 1 aliphatic rings. The molecule has 0 atom stereocenters. The number of hydrogen-bond donors (Lipinski definition) is 0. The van der Waals surface area contributed by atoms with Crippen LogP contribution in [0.1, 0.15) is 15.9 Å². The molecule has 1 saturated heterocycles. The summed E-state index contributed by atoms with van der Waals surface area (Å²) in [5.41, 5.74) is 1.65. The highest BCUT2D eigenvalue weighted by Gasteiger charge is 2.31. The number of piperazine rings is 1. The SMILES string of the molecule is Cc1ccc(C(=O)N2CCN(S(=O)(=O)c3ccccc3F)CC2)cc1. The smallest absolute Gasteiger partial charge is 0.253 e. The summed E-state index contributed by atoms with van der Waals surface area (Å²) in [5, 5.41) is 0. The number of amides is 1. The van der Waals surface area contributed by atoms with Crippen LogP contribution >= 0.6 is 0 Å². The van der Waals surface area contributed by atoms with Crippen LogP contribution in [0.15, 0.2) is 53.4 Å². The van der Waals surface area contributed by atoms with Gasteiger partial charge in [0.2, 0.25) is 10.0 Å². The van der Waals surface area contributed by atoms with E-state index in [1.165, 1.54) is 22.5 Å². The average molecular weight is 362 g/mol. The Hall–Kier alpha value is -2.25. The molecule has 0 N–H and O–H groups in total. The molecule has 0 radical (unpaired) electrons. The van der Waals surface area contributed by atoms with Gasteiger partial charge in [0, 0.05) is 31.7 Å². The Bertz CT molecular complexity index is 873. The van der Waals surface area contributed by atoms with Gasteiger partial charge in [-0.1, -0.05) is 29.8 Å². The van der Waals surface area contributed by atoms with Crippen LogP contribution in [0.5, 0.6) is 0 Å². The van der Waals surface area contributed by atoms with E-state index in [0.29, 0.717) is 5.56 Å². The van der Waals surface area contributed by atoms with E-state index in [1.54, 1.807) is 17.0 Å². The van der Waals surface area contributed by atoms with Crippen molar-refractivity contribution in [3.8, 4) is 0 Å². The number of carbonyl (C=O) groups excluding carboxylic acids is 1. The highest BCUT2D eigenvalue weighted by Crippen LogP contribution is 2.21. The summed E-state index contributed by atoms with van der Waals surface area (Å²) in [4.78, 5) is 13.8. The van der Waals surface area contributed by atoms with Gasteiger partial charge < -0.3 is 4.90 Å². The Morgan fingerprint density at radius 3 is 2.16 bits per heavy atom. The lowest BCUT2D eigenvalue weighted by atomic mass is 10.1.